The number of alkyl halides is 3. The second-order valence-electron chi connectivity index (χ2n) is 18.9. The van der Waals surface area contributed by atoms with E-state index in [1.807, 2.05) is 24.3 Å². The molecule has 6 fully saturated rings. The number of hydrogen-bond donors (Lipinski definition) is 2. The molecule has 65 heavy (non-hydrogen) atoms. The molecule has 0 radical (unpaired) electrons. The van der Waals surface area contributed by atoms with Gasteiger partial charge in [-0.25, -0.2) is 27.5 Å². The lowest BCUT2D eigenvalue weighted by atomic mass is 9.76. The second kappa shape index (κ2) is 16.7. The number of anilines is 2. The molecule has 5 atom stereocenters. The predicted octanol–water partition coefficient (Wildman–Crippen LogP) is 4.83. The van der Waals surface area contributed by atoms with Gasteiger partial charge in [0.15, 0.2) is 11.3 Å². The fourth-order valence-electron chi connectivity index (χ4n) is 11.3. The van der Waals surface area contributed by atoms with Crippen LogP contribution in [0.4, 0.5) is 24.7 Å². The third kappa shape index (κ3) is 7.69. The Balaban J connectivity index is 0.663. The van der Waals surface area contributed by atoms with E-state index in [-0.39, 0.29) is 72.4 Å². The number of rotatable bonds is 11. The van der Waals surface area contributed by atoms with Crippen molar-refractivity contribution in [2.24, 2.45) is 13.0 Å². The number of fused-ring (bicyclic) bond motifs is 4. The Bertz CT molecular complexity index is 2720. The van der Waals surface area contributed by atoms with E-state index in [0.29, 0.717) is 55.3 Å². The number of piperidine rings is 2. The Kier molecular flexibility index (Phi) is 10.8. The minimum atomic E-state index is -2.89. The van der Waals surface area contributed by atoms with E-state index in [0.717, 1.165) is 56.3 Å². The summed E-state index contributed by atoms with van der Waals surface area (Å²) >= 11 is 0. The molecule has 0 spiro atoms. The van der Waals surface area contributed by atoms with Gasteiger partial charge in [-0.1, -0.05) is 12.1 Å². The molecule has 17 nitrogen and oxygen atoms in total. The van der Waals surface area contributed by atoms with Gasteiger partial charge < -0.3 is 19.7 Å². The molecular weight excluding hydrogens is 848 g/mol. The summed E-state index contributed by atoms with van der Waals surface area (Å²) in [5.74, 6) is -0.238. The van der Waals surface area contributed by atoms with E-state index in [9.17, 15) is 28.0 Å². The third-order valence-electron chi connectivity index (χ3n) is 14.8. The van der Waals surface area contributed by atoms with Crippen LogP contribution < -0.4 is 21.2 Å². The molecule has 1 aromatic carbocycles. The molecule has 4 saturated heterocycles. The number of ether oxygens (including phenoxy) is 2. The van der Waals surface area contributed by atoms with Crippen molar-refractivity contribution in [1.29, 1.82) is 0 Å². The molecule has 344 valence electrons. The monoisotopic (exact) mass is 899 g/mol. The highest BCUT2D eigenvalue weighted by molar-refractivity contribution is 6.08. The molecule has 11 rings (SSSR count). The van der Waals surface area contributed by atoms with Gasteiger partial charge in [0.25, 0.3) is 12.3 Å². The van der Waals surface area contributed by atoms with Gasteiger partial charge >= 0.3 is 5.69 Å². The summed E-state index contributed by atoms with van der Waals surface area (Å²) in [7, 11) is 1.70. The standard InChI is InChI=1S/C45H52F3N11O6/c1-54-40-30(3-2-4-34(40)59(45(54)63)35-9-10-38(60)52-44(35)62)25-15-28(16-25)65-36-11-13-55(21-32(36)46)19-24-5-7-26(8-6-24)58-22-33(39(53-58)41(47)48)50-43(61)31-18-49-57-14-12-37(51-42(31)57)56-20-29-17-27(56)23-64-29/h2-4,12,14,18,22,24-29,32,35-36,41H,5-11,13,15-17,19-21,23H2,1H3,(H,50,61)(H,52,60,62)/t24-,25-,26-,27-,28-,29-,32-,35?,36-/m1/s1. The van der Waals surface area contributed by atoms with Crippen LogP contribution in [-0.2, 0) is 26.1 Å². The van der Waals surface area contributed by atoms with Gasteiger partial charge in [-0.3, -0.25) is 38.4 Å². The number of carbonyl (C=O) groups excluding carboxylic acids is 3. The van der Waals surface area contributed by atoms with Gasteiger partial charge in [-0.15, -0.1) is 0 Å². The highest BCUT2D eigenvalue weighted by Crippen LogP contribution is 2.43. The Labute approximate surface area is 371 Å². The molecule has 4 aromatic heterocycles. The number of nitrogens with one attached hydrogen (secondary N) is 2. The van der Waals surface area contributed by atoms with E-state index in [2.05, 4.69) is 30.6 Å². The maximum atomic E-state index is 15.7. The summed E-state index contributed by atoms with van der Waals surface area (Å²) < 4.78 is 62.6. The molecule has 2 N–H and O–H groups in total. The van der Waals surface area contributed by atoms with Crippen LogP contribution in [0.15, 0.2) is 47.7 Å². The van der Waals surface area contributed by atoms with Crippen LogP contribution in [0.3, 0.4) is 0 Å². The number of amides is 3. The molecule has 2 bridgehead atoms. The lowest BCUT2D eigenvalue weighted by Gasteiger charge is -2.42. The molecule has 2 aliphatic carbocycles. The van der Waals surface area contributed by atoms with Crippen LogP contribution in [0.1, 0.15) is 110 Å². The minimum absolute atomic E-state index is 0.0424. The van der Waals surface area contributed by atoms with E-state index in [4.69, 9.17) is 14.5 Å². The van der Waals surface area contributed by atoms with Gasteiger partial charge in [0.05, 0.1) is 59.9 Å². The first-order chi connectivity index (χ1) is 31.4. The maximum absolute atomic E-state index is 15.7. The van der Waals surface area contributed by atoms with Crippen molar-refractivity contribution in [2.75, 3.05) is 43.0 Å². The quantitative estimate of drug-likeness (QED) is 0.174. The number of morpholine rings is 1. The fourth-order valence-corrected chi connectivity index (χ4v) is 11.3. The van der Waals surface area contributed by atoms with Crippen LogP contribution in [0.5, 0.6) is 0 Å². The number of hydrogen-bond acceptors (Lipinski definition) is 11. The minimum Gasteiger partial charge on any atom is -0.374 e. The molecule has 6 aliphatic rings. The second-order valence-corrected chi connectivity index (χ2v) is 18.9. The summed E-state index contributed by atoms with van der Waals surface area (Å²) in [5.41, 5.74) is 2.09. The van der Waals surface area contributed by atoms with Crippen molar-refractivity contribution in [1.82, 2.24) is 43.7 Å². The Morgan fingerprint density at radius 1 is 1.03 bits per heavy atom. The summed E-state index contributed by atoms with van der Waals surface area (Å²) in [6.45, 7) is 3.10. The highest BCUT2D eigenvalue weighted by atomic mass is 19.3. The number of benzene rings is 1. The lowest BCUT2D eigenvalue weighted by molar-refractivity contribution is -0.135. The highest BCUT2D eigenvalue weighted by Gasteiger charge is 2.41. The number of aryl methyl sites for hydroxylation is 1. The lowest BCUT2D eigenvalue weighted by Crippen LogP contribution is -2.49. The summed E-state index contributed by atoms with van der Waals surface area (Å²) in [5, 5.41) is 13.6. The van der Waals surface area contributed by atoms with Crippen LogP contribution in [0, 0.1) is 5.92 Å². The number of carbonyl (C=O) groups is 3. The molecule has 5 aromatic rings. The molecule has 20 heteroatoms. The normalized spacial score (nSPS) is 29.6. The molecule has 1 unspecified atom stereocenters. The zero-order chi connectivity index (χ0) is 44.7. The van der Waals surface area contributed by atoms with Crippen molar-refractivity contribution in [3.8, 4) is 0 Å². The van der Waals surface area contributed by atoms with Crippen LogP contribution in [0.2, 0.25) is 0 Å². The van der Waals surface area contributed by atoms with Crippen LogP contribution >= 0.6 is 0 Å². The van der Waals surface area contributed by atoms with E-state index in [1.165, 1.54) is 21.5 Å². The third-order valence-corrected chi connectivity index (χ3v) is 14.8. The number of imide groups is 1. The topological polar surface area (TPSA) is 175 Å². The number of aromatic nitrogens is 7. The number of para-hydroxylation sites is 1. The molecule has 8 heterocycles. The zero-order valence-electron chi connectivity index (χ0n) is 36.0. The fraction of sp³-hybridized carbons (Fsp3) is 0.578. The number of likely N-dealkylation sites (tertiary alicyclic amines) is 1. The van der Waals surface area contributed by atoms with Crippen LogP contribution in [-0.4, -0.2) is 119 Å². The molecule has 4 aliphatic heterocycles. The van der Waals surface area contributed by atoms with Gasteiger partial charge in [0.1, 0.15) is 23.6 Å². The predicted molar refractivity (Wildman–Crippen MR) is 230 cm³/mol. The number of imidazole rings is 1. The Morgan fingerprint density at radius 2 is 1.86 bits per heavy atom. The Hall–Kier alpha value is -5.60. The first kappa shape index (κ1) is 42.1. The van der Waals surface area contributed by atoms with E-state index in [1.54, 1.807) is 22.5 Å². The average molecular weight is 900 g/mol. The van der Waals surface area contributed by atoms with E-state index < -0.39 is 42.3 Å². The van der Waals surface area contributed by atoms with Crippen molar-refractivity contribution >= 4 is 45.9 Å². The van der Waals surface area contributed by atoms with Gasteiger partial charge in [-0.05, 0) is 87.3 Å². The summed E-state index contributed by atoms with van der Waals surface area (Å²) in [6.07, 6.45) is 6.64. The smallest absolute Gasteiger partial charge is 0.329 e. The molecular formula is C45H52F3N11O6. The largest absolute Gasteiger partial charge is 0.374 e. The SMILES string of the molecule is Cn1c(=O)n(C2CCC(=O)NC2=O)c2cccc([C@H]3C[C@H](O[C@@H]4CCN(C[C@H]5CC[C@H](n6cc(NC(=O)c7cnn8ccc(N9C[C@H]%10C[C@@H]9CO%10)nc78)c(C(F)F)n6)CC5)C[C@H]4F)C3)c21. The molecule has 3 amide bonds. The summed E-state index contributed by atoms with van der Waals surface area (Å²) in [6, 6.07) is 6.93. The Morgan fingerprint density at radius 3 is 2.60 bits per heavy atom. The maximum Gasteiger partial charge on any atom is 0.329 e. The summed E-state index contributed by atoms with van der Waals surface area (Å²) in [4.78, 5) is 60.5. The zero-order valence-corrected chi connectivity index (χ0v) is 36.0. The van der Waals surface area contributed by atoms with Crippen molar-refractivity contribution in [3.05, 3.63) is 70.2 Å². The first-order valence-electron chi connectivity index (χ1n) is 22.9. The van der Waals surface area contributed by atoms with Gasteiger partial charge in [0, 0.05) is 52.0 Å². The first-order valence-corrected chi connectivity index (χ1v) is 22.9. The number of nitrogens with zero attached hydrogens (tertiary/aromatic N) is 9. The van der Waals surface area contributed by atoms with Crippen molar-refractivity contribution in [3.63, 3.8) is 0 Å². The number of halogens is 3. The van der Waals surface area contributed by atoms with Gasteiger partial charge in [-0.2, -0.15) is 10.2 Å². The van der Waals surface area contributed by atoms with E-state index >= 15 is 4.39 Å². The van der Waals surface area contributed by atoms with Gasteiger partial charge in [0.2, 0.25) is 11.8 Å². The van der Waals surface area contributed by atoms with Crippen molar-refractivity contribution < 1.29 is 37.0 Å². The van der Waals surface area contributed by atoms with Crippen LogP contribution in [0.25, 0.3) is 16.7 Å². The molecule has 2 saturated carbocycles. The van der Waals surface area contributed by atoms with Crippen molar-refractivity contribution in [2.45, 2.75) is 119 Å². The average Bonchev–Trinajstić information content (AvgIpc) is 4.13.